The van der Waals surface area contributed by atoms with E-state index in [1.165, 1.54) is 0 Å². The summed E-state index contributed by atoms with van der Waals surface area (Å²) in [6.07, 6.45) is 5.77. The van der Waals surface area contributed by atoms with E-state index in [1.807, 2.05) is 32.0 Å². The third kappa shape index (κ3) is 4.88. The van der Waals surface area contributed by atoms with E-state index in [-0.39, 0.29) is 17.7 Å². The van der Waals surface area contributed by atoms with Gasteiger partial charge in [0.15, 0.2) is 0 Å². The smallest absolute Gasteiger partial charge is 0.251 e. The van der Waals surface area contributed by atoms with Crippen LogP contribution in [0.25, 0.3) is 0 Å². The highest BCUT2D eigenvalue weighted by atomic mass is 16.5. The second-order valence-corrected chi connectivity index (χ2v) is 7.08. The topological polar surface area (TPSA) is 80.3 Å². The van der Waals surface area contributed by atoms with Crippen molar-refractivity contribution >= 4 is 17.5 Å². The van der Waals surface area contributed by atoms with Gasteiger partial charge in [0.1, 0.15) is 0 Å². The molecule has 148 valence electrons. The zero-order valence-electron chi connectivity index (χ0n) is 16.5. The first-order valence-corrected chi connectivity index (χ1v) is 9.85. The van der Waals surface area contributed by atoms with E-state index in [0.29, 0.717) is 30.3 Å². The number of benzene rings is 1. The summed E-state index contributed by atoms with van der Waals surface area (Å²) in [6.45, 7) is 4.65. The van der Waals surface area contributed by atoms with Crippen molar-refractivity contribution in [3.8, 4) is 5.88 Å². The predicted octanol–water partition coefficient (Wildman–Crippen LogP) is 3.85. The Kier molecular flexibility index (Phi) is 6.63. The Bertz CT molecular complexity index is 845. The van der Waals surface area contributed by atoms with Gasteiger partial charge in [-0.25, -0.2) is 4.98 Å². The summed E-state index contributed by atoms with van der Waals surface area (Å²) in [5, 5.41) is 5.90. The molecular weight excluding hydrogens is 354 g/mol. The lowest BCUT2D eigenvalue weighted by Gasteiger charge is -2.14. The molecule has 28 heavy (non-hydrogen) atoms. The van der Waals surface area contributed by atoms with E-state index in [2.05, 4.69) is 15.6 Å². The van der Waals surface area contributed by atoms with Gasteiger partial charge < -0.3 is 15.4 Å². The Labute approximate surface area is 165 Å². The number of nitrogens with one attached hydrogen (secondary N) is 2. The Morgan fingerprint density at radius 3 is 2.75 bits per heavy atom. The maximum Gasteiger partial charge on any atom is 0.251 e. The van der Waals surface area contributed by atoms with Crippen LogP contribution in [0.2, 0.25) is 0 Å². The number of amides is 2. The molecule has 1 heterocycles. The lowest BCUT2D eigenvalue weighted by Crippen LogP contribution is -2.24. The molecule has 6 nitrogen and oxygen atoms in total. The van der Waals surface area contributed by atoms with Crippen LogP contribution >= 0.6 is 0 Å². The van der Waals surface area contributed by atoms with Gasteiger partial charge in [-0.15, -0.1) is 0 Å². The molecule has 1 aromatic carbocycles. The van der Waals surface area contributed by atoms with E-state index in [1.54, 1.807) is 18.3 Å². The fourth-order valence-electron chi connectivity index (χ4n) is 3.42. The molecule has 2 aromatic rings. The predicted molar refractivity (Wildman–Crippen MR) is 108 cm³/mol. The molecule has 2 amide bonds. The third-order valence-electron chi connectivity index (χ3n) is 5.05. The molecule has 0 atom stereocenters. The van der Waals surface area contributed by atoms with Crippen LogP contribution in [0.5, 0.6) is 5.88 Å². The van der Waals surface area contributed by atoms with Crippen LogP contribution in [0.4, 0.5) is 5.69 Å². The zero-order chi connectivity index (χ0) is 19.9. The standard InChI is InChI=1S/C22H27N3O3/c1-3-28-22-18(9-6-12-23-22)14-24-20(26)17-11-10-15(2)19(13-17)25-21(27)16-7-4-5-8-16/h6,9-13,16H,3-5,7-8,14H2,1-2H3,(H,24,26)(H,25,27). The highest BCUT2D eigenvalue weighted by Gasteiger charge is 2.23. The summed E-state index contributed by atoms with van der Waals surface area (Å²) >= 11 is 0. The Morgan fingerprint density at radius 2 is 2.00 bits per heavy atom. The second kappa shape index (κ2) is 9.35. The van der Waals surface area contributed by atoms with Crippen LogP contribution in [0.15, 0.2) is 36.5 Å². The Hall–Kier alpha value is -2.89. The summed E-state index contributed by atoms with van der Waals surface area (Å²) in [6, 6.07) is 9.05. The number of rotatable bonds is 7. The molecular formula is C22H27N3O3. The van der Waals surface area contributed by atoms with Crippen LogP contribution in [0, 0.1) is 12.8 Å². The van der Waals surface area contributed by atoms with Crippen molar-refractivity contribution in [2.75, 3.05) is 11.9 Å². The number of anilines is 1. The molecule has 1 aliphatic carbocycles. The Morgan fingerprint density at radius 1 is 1.21 bits per heavy atom. The van der Waals surface area contributed by atoms with Crippen LogP contribution in [-0.2, 0) is 11.3 Å². The first kappa shape index (κ1) is 19.9. The minimum absolute atomic E-state index is 0.0508. The third-order valence-corrected chi connectivity index (χ3v) is 5.05. The number of aryl methyl sites for hydroxylation is 1. The Balaban J connectivity index is 1.66. The molecule has 0 spiro atoms. The van der Waals surface area contributed by atoms with Gasteiger partial charge in [-0.05, 0) is 50.5 Å². The largest absolute Gasteiger partial charge is 0.478 e. The maximum atomic E-state index is 12.6. The number of hydrogen-bond donors (Lipinski definition) is 2. The minimum atomic E-state index is -0.206. The van der Waals surface area contributed by atoms with Crippen LogP contribution < -0.4 is 15.4 Å². The van der Waals surface area contributed by atoms with Gasteiger partial charge in [-0.1, -0.05) is 25.0 Å². The average Bonchev–Trinajstić information content (AvgIpc) is 3.24. The van der Waals surface area contributed by atoms with Crippen molar-refractivity contribution in [2.24, 2.45) is 5.92 Å². The molecule has 1 aliphatic rings. The summed E-state index contributed by atoms with van der Waals surface area (Å²) in [5.41, 5.74) is 2.96. The fourth-order valence-corrected chi connectivity index (χ4v) is 3.42. The number of carbonyl (C=O) groups excluding carboxylic acids is 2. The van der Waals surface area contributed by atoms with E-state index in [4.69, 9.17) is 4.74 Å². The highest BCUT2D eigenvalue weighted by molar-refractivity contribution is 5.98. The number of pyridine rings is 1. The molecule has 2 N–H and O–H groups in total. The fraction of sp³-hybridized carbons (Fsp3) is 0.409. The molecule has 0 unspecified atom stereocenters. The van der Waals surface area contributed by atoms with Gasteiger partial charge in [-0.2, -0.15) is 0 Å². The average molecular weight is 381 g/mol. The number of nitrogens with zero attached hydrogens (tertiary/aromatic N) is 1. The molecule has 0 bridgehead atoms. The van der Waals surface area contributed by atoms with E-state index >= 15 is 0 Å². The summed E-state index contributed by atoms with van der Waals surface area (Å²) in [5.74, 6) is 0.454. The van der Waals surface area contributed by atoms with Crippen molar-refractivity contribution in [3.63, 3.8) is 0 Å². The van der Waals surface area contributed by atoms with Crippen LogP contribution in [0.1, 0.15) is 54.1 Å². The second-order valence-electron chi connectivity index (χ2n) is 7.08. The maximum absolute atomic E-state index is 12.6. The van der Waals surface area contributed by atoms with E-state index in [0.717, 1.165) is 36.8 Å². The van der Waals surface area contributed by atoms with E-state index in [9.17, 15) is 9.59 Å². The van der Waals surface area contributed by atoms with Gasteiger partial charge in [0.25, 0.3) is 5.91 Å². The summed E-state index contributed by atoms with van der Waals surface area (Å²) in [7, 11) is 0. The van der Waals surface area contributed by atoms with Crippen LogP contribution in [-0.4, -0.2) is 23.4 Å². The molecule has 1 fully saturated rings. The number of ether oxygens (including phenoxy) is 1. The minimum Gasteiger partial charge on any atom is -0.478 e. The van der Waals surface area contributed by atoms with Gasteiger partial charge in [0.05, 0.1) is 6.61 Å². The molecule has 0 radical (unpaired) electrons. The molecule has 6 heteroatoms. The molecule has 1 aromatic heterocycles. The molecule has 0 aliphatic heterocycles. The monoisotopic (exact) mass is 381 g/mol. The van der Waals surface area contributed by atoms with Gasteiger partial charge in [0, 0.05) is 35.5 Å². The lowest BCUT2D eigenvalue weighted by molar-refractivity contribution is -0.119. The number of hydrogen-bond acceptors (Lipinski definition) is 4. The van der Waals surface area contributed by atoms with E-state index < -0.39 is 0 Å². The van der Waals surface area contributed by atoms with Gasteiger partial charge in [0.2, 0.25) is 11.8 Å². The van der Waals surface area contributed by atoms with Gasteiger partial charge in [-0.3, -0.25) is 9.59 Å². The summed E-state index contributed by atoms with van der Waals surface area (Å²) in [4.78, 5) is 29.2. The first-order chi connectivity index (χ1) is 13.6. The SMILES string of the molecule is CCOc1ncccc1CNC(=O)c1ccc(C)c(NC(=O)C2CCCC2)c1. The highest BCUT2D eigenvalue weighted by Crippen LogP contribution is 2.27. The normalized spacial score (nSPS) is 13.9. The van der Waals surface area contributed by atoms with Crippen LogP contribution in [0.3, 0.4) is 0 Å². The van der Waals surface area contributed by atoms with Crippen molar-refractivity contribution in [2.45, 2.75) is 46.1 Å². The quantitative estimate of drug-likeness (QED) is 0.763. The van der Waals surface area contributed by atoms with Crippen molar-refractivity contribution < 1.29 is 14.3 Å². The van der Waals surface area contributed by atoms with Crippen molar-refractivity contribution in [1.29, 1.82) is 0 Å². The summed E-state index contributed by atoms with van der Waals surface area (Å²) < 4.78 is 5.49. The zero-order valence-corrected chi connectivity index (χ0v) is 16.5. The molecule has 0 saturated heterocycles. The number of carbonyl (C=O) groups is 2. The molecule has 1 saturated carbocycles. The van der Waals surface area contributed by atoms with Gasteiger partial charge >= 0.3 is 0 Å². The first-order valence-electron chi connectivity index (χ1n) is 9.85. The number of aromatic nitrogens is 1. The molecule has 3 rings (SSSR count). The lowest BCUT2D eigenvalue weighted by atomic mass is 10.1. The van der Waals surface area contributed by atoms with Crippen molar-refractivity contribution in [3.05, 3.63) is 53.2 Å². The van der Waals surface area contributed by atoms with Crippen molar-refractivity contribution in [1.82, 2.24) is 10.3 Å².